The molecule has 0 saturated carbocycles. The first-order chi connectivity index (χ1) is 9.49. The van der Waals surface area contributed by atoms with Crippen LogP contribution in [0.4, 0.5) is 0 Å². The summed E-state index contributed by atoms with van der Waals surface area (Å²) in [7, 11) is 0. The highest BCUT2D eigenvalue weighted by atomic mass is 35.5. The van der Waals surface area contributed by atoms with E-state index in [-0.39, 0.29) is 17.4 Å². The van der Waals surface area contributed by atoms with E-state index in [1.807, 2.05) is 0 Å². The Hall–Kier alpha value is -2.34. The van der Waals surface area contributed by atoms with Gasteiger partial charge in [-0.2, -0.15) is 0 Å². The van der Waals surface area contributed by atoms with Crippen LogP contribution in [0.2, 0.25) is 5.02 Å². The molecule has 0 radical (unpaired) electrons. The summed E-state index contributed by atoms with van der Waals surface area (Å²) < 4.78 is 0. The highest BCUT2D eigenvalue weighted by molar-refractivity contribution is 6.30. The average Bonchev–Trinajstić information content (AvgIpc) is 2.88. The maximum Gasteiger partial charge on any atom is 0.354 e. The van der Waals surface area contributed by atoms with Crippen molar-refractivity contribution < 1.29 is 14.7 Å². The number of halogens is 1. The molecule has 1 atom stereocenters. The number of carboxylic acids is 1. The first-order valence-electron chi connectivity index (χ1n) is 5.82. The van der Waals surface area contributed by atoms with Crippen molar-refractivity contribution in [1.29, 1.82) is 0 Å². The van der Waals surface area contributed by atoms with Gasteiger partial charge in [-0.3, -0.25) is 4.79 Å². The summed E-state index contributed by atoms with van der Waals surface area (Å²) in [6, 6.07) is 6.72. The van der Waals surface area contributed by atoms with E-state index in [2.05, 4.69) is 15.3 Å². The number of benzene rings is 1. The molecular formula is C13H12ClN3O3. The lowest BCUT2D eigenvalue weighted by Crippen LogP contribution is -2.28. The van der Waals surface area contributed by atoms with Crippen molar-refractivity contribution in [1.82, 2.24) is 15.3 Å². The van der Waals surface area contributed by atoms with Crippen molar-refractivity contribution >= 4 is 23.5 Å². The van der Waals surface area contributed by atoms with Crippen molar-refractivity contribution in [3.05, 3.63) is 52.6 Å². The Kier molecular flexibility index (Phi) is 4.05. The molecule has 0 aliphatic heterocycles. The Balaban J connectivity index is 2.13. The van der Waals surface area contributed by atoms with Crippen molar-refractivity contribution in [2.75, 3.05) is 0 Å². The van der Waals surface area contributed by atoms with E-state index in [1.165, 1.54) is 6.33 Å². The maximum atomic E-state index is 12.0. The van der Waals surface area contributed by atoms with Gasteiger partial charge < -0.3 is 15.4 Å². The molecule has 0 saturated heterocycles. The Morgan fingerprint density at radius 3 is 2.60 bits per heavy atom. The second kappa shape index (κ2) is 5.75. The number of nitrogens with zero attached hydrogens (tertiary/aromatic N) is 1. The Morgan fingerprint density at radius 1 is 1.35 bits per heavy atom. The second-order valence-electron chi connectivity index (χ2n) is 4.18. The number of hydrogen-bond donors (Lipinski definition) is 3. The normalized spacial score (nSPS) is 11.9. The molecule has 2 rings (SSSR count). The van der Waals surface area contributed by atoms with Crippen LogP contribution in [0.5, 0.6) is 0 Å². The third kappa shape index (κ3) is 2.97. The smallest absolute Gasteiger partial charge is 0.354 e. The number of aromatic nitrogens is 2. The number of carboxylic acid groups (broad SMARTS) is 1. The molecule has 0 aliphatic rings. The van der Waals surface area contributed by atoms with Crippen LogP contribution in [0.3, 0.4) is 0 Å². The Morgan fingerprint density at radius 2 is 2.00 bits per heavy atom. The van der Waals surface area contributed by atoms with Crippen LogP contribution >= 0.6 is 11.6 Å². The van der Waals surface area contributed by atoms with E-state index in [0.717, 1.165) is 5.56 Å². The third-order valence-electron chi connectivity index (χ3n) is 2.79. The number of carbonyl (C=O) groups is 2. The van der Waals surface area contributed by atoms with Gasteiger partial charge in [0.25, 0.3) is 5.91 Å². The summed E-state index contributed by atoms with van der Waals surface area (Å²) in [6.07, 6.45) is 1.17. The van der Waals surface area contributed by atoms with Crippen molar-refractivity contribution in [3.63, 3.8) is 0 Å². The number of amides is 1. The minimum Gasteiger partial charge on any atom is -0.477 e. The van der Waals surface area contributed by atoms with Crippen LogP contribution in [-0.2, 0) is 0 Å². The molecule has 0 bridgehead atoms. The van der Waals surface area contributed by atoms with Crippen LogP contribution in [0.25, 0.3) is 0 Å². The van der Waals surface area contributed by atoms with Crippen LogP contribution in [0.15, 0.2) is 30.6 Å². The number of aromatic amines is 1. The van der Waals surface area contributed by atoms with Gasteiger partial charge in [-0.15, -0.1) is 0 Å². The minimum atomic E-state index is -1.23. The van der Waals surface area contributed by atoms with Crippen molar-refractivity contribution in [2.45, 2.75) is 13.0 Å². The molecule has 1 heterocycles. The number of carbonyl (C=O) groups excluding carboxylic acids is 1. The number of rotatable bonds is 4. The zero-order valence-electron chi connectivity index (χ0n) is 10.6. The van der Waals surface area contributed by atoms with Gasteiger partial charge in [0, 0.05) is 5.02 Å². The molecule has 1 aromatic heterocycles. The molecule has 20 heavy (non-hydrogen) atoms. The van der Waals surface area contributed by atoms with Gasteiger partial charge in [0.05, 0.1) is 12.4 Å². The topological polar surface area (TPSA) is 95.1 Å². The van der Waals surface area contributed by atoms with Crippen LogP contribution in [0, 0.1) is 0 Å². The van der Waals surface area contributed by atoms with Gasteiger partial charge in [0.1, 0.15) is 0 Å². The van der Waals surface area contributed by atoms with Crippen molar-refractivity contribution in [3.8, 4) is 0 Å². The maximum absolute atomic E-state index is 12.0. The fraction of sp³-hybridized carbons (Fsp3) is 0.154. The SMILES string of the molecule is C[C@H](NC(=O)c1nc[nH]c1C(=O)O)c1ccc(Cl)cc1. The summed E-state index contributed by atoms with van der Waals surface area (Å²) in [5, 5.41) is 12.2. The van der Waals surface area contributed by atoms with Crippen LogP contribution in [0.1, 0.15) is 39.5 Å². The summed E-state index contributed by atoms with van der Waals surface area (Å²) in [5.74, 6) is -1.78. The summed E-state index contributed by atoms with van der Waals surface area (Å²) in [4.78, 5) is 29.1. The van der Waals surface area contributed by atoms with Gasteiger partial charge in [0.15, 0.2) is 11.4 Å². The summed E-state index contributed by atoms with van der Waals surface area (Å²) >= 11 is 5.79. The van der Waals surface area contributed by atoms with E-state index >= 15 is 0 Å². The molecule has 6 nitrogen and oxygen atoms in total. The molecule has 0 fully saturated rings. The standard InChI is InChI=1S/C13H12ClN3O3/c1-7(8-2-4-9(14)5-3-8)17-12(18)10-11(13(19)20)16-6-15-10/h2-7H,1H3,(H,15,16)(H,17,18)(H,19,20)/t7-/m0/s1. The summed E-state index contributed by atoms with van der Waals surface area (Å²) in [5.41, 5.74) is 0.485. The fourth-order valence-corrected chi connectivity index (χ4v) is 1.86. The molecule has 0 spiro atoms. The third-order valence-corrected chi connectivity index (χ3v) is 3.04. The zero-order chi connectivity index (χ0) is 14.7. The summed E-state index contributed by atoms with van der Waals surface area (Å²) in [6.45, 7) is 1.79. The van der Waals surface area contributed by atoms with Crippen LogP contribution < -0.4 is 5.32 Å². The van der Waals surface area contributed by atoms with Crippen molar-refractivity contribution in [2.24, 2.45) is 0 Å². The number of imidazole rings is 1. The van der Waals surface area contributed by atoms with E-state index in [9.17, 15) is 9.59 Å². The first-order valence-corrected chi connectivity index (χ1v) is 6.20. The van der Waals surface area contributed by atoms with E-state index < -0.39 is 11.9 Å². The molecule has 0 unspecified atom stereocenters. The Bertz CT molecular complexity index is 637. The zero-order valence-corrected chi connectivity index (χ0v) is 11.3. The molecule has 3 N–H and O–H groups in total. The van der Waals surface area contributed by atoms with Gasteiger partial charge in [-0.05, 0) is 24.6 Å². The molecular weight excluding hydrogens is 282 g/mol. The molecule has 1 amide bonds. The monoisotopic (exact) mass is 293 g/mol. The number of H-pyrrole nitrogens is 1. The predicted molar refractivity (Wildman–Crippen MR) is 72.9 cm³/mol. The van der Waals surface area contributed by atoms with Gasteiger partial charge in [-0.1, -0.05) is 23.7 Å². The lowest BCUT2D eigenvalue weighted by molar-refractivity contribution is 0.0684. The lowest BCUT2D eigenvalue weighted by Gasteiger charge is -2.13. The largest absolute Gasteiger partial charge is 0.477 e. The highest BCUT2D eigenvalue weighted by Gasteiger charge is 2.21. The van der Waals surface area contributed by atoms with E-state index in [1.54, 1.807) is 31.2 Å². The second-order valence-corrected chi connectivity index (χ2v) is 4.61. The average molecular weight is 294 g/mol. The number of hydrogen-bond acceptors (Lipinski definition) is 3. The quantitative estimate of drug-likeness (QED) is 0.805. The Labute approximate surface area is 119 Å². The molecule has 0 aliphatic carbocycles. The molecule has 104 valence electrons. The molecule has 2 aromatic rings. The molecule has 7 heteroatoms. The van der Waals surface area contributed by atoms with Crippen LogP contribution in [-0.4, -0.2) is 27.0 Å². The predicted octanol–water partition coefficient (Wildman–Crippen LogP) is 2.25. The fourth-order valence-electron chi connectivity index (χ4n) is 1.73. The number of nitrogens with one attached hydrogen (secondary N) is 2. The number of aromatic carboxylic acids is 1. The lowest BCUT2D eigenvalue weighted by atomic mass is 10.1. The first kappa shape index (κ1) is 14.1. The highest BCUT2D eigenvalue weighted by Crippen LogP contribution is 2.16. The van der Waals surface area contributed by atoms with Gasteiger partial charge in [-0.25, -0.2) is 9.78 Å². The van der Waals surface area contributed by atoms with E-state index in [0.29, 0.717) is 5.02 Å². The van der Waals surface area contributed by atoms with E-state index in [4.69, 9.17) is 16.7 Å². The van der Waals surface area contributed by atoms with Gasteiger partial charge >= 0.3 is 5.97 Å². The molecule has 1 aromatic carbocycles. The minimum absolute atomic E-state index is 0.140. The van der Waals surface area contributed by atoms with Gasteiger partial charge in [0.2, 0.25) is 0 Å².